The van der Waals surface area contributed by atoms with Gasteiger partial charge < -0.3 is 4.74 Å². The first-order valence-corrected chi connectivity index (χ1v) is 9.99. The maximum absolute atomic E-state index is 13.2. The molecule has 1 atom stereocenters. The quantitative estimate of drug-likeness (QED) is 0.707. The fourth-order valence-corrected chi connectivity index (χ4v) is 5.02. The van der Waals surface area contributed by atoms with Crippen molar-refractivity contribution in [3.8, 4) is 5.88 Å². The number of sulfonamides is 1. The Hall–Kier alpha value is -2.51. The first kappa shape index (κ1) is 16.9. The third-order valence-corrected chi connectivity index (χ3v) is 6.46. The maximum atomic E-state index is 13.2. The van der Waals surface area contributed by atoms with E-state index in [0.29, 0.717) is 23.9 Å². The second kappa shape index (κ2) is 7.01. The molecule has 0 radical (unpaired) electrons. The Morgan fingerprint density at radius 2 is 1.92 bits per heavy atom. The zero-order valence-electron chi connectivity index (χ0n) is 14.2. The van der Waals surface area contributed by atoms with Crippen molar-refractivity contribution in [3.63, 3.8) is 0 Å². The number of aromatic nitrogens is 2. The highest BCUT2D eigenvalue weighted by Gasteiger charge is 2.32. The fourth-order valence-electron chi connectivity index (χ4n) is 3.30. The van der Waals surface area contributed by atoms with Gasteiger partial charge in [0.05, 0.1) is 17.6 Å². The molecule has 0 N–H and O–H groups in total. The number of benzene rings is 2. The highest BCUT2D eigenvalue weighted by Crippen LogP contribution is 2.28. The number of fused-ring (bicyclic) bond motifs is 1. The molecular formula is C19H19N3O3S. The summed E-state index contributed by atoms with van der Waals surface area (Å²) in [6.07, 6.45) is 5.98. The molecule has 1 fully saturated rings. The smallest absolute Gasteiger partial charge is 0.243 e. The average Bonchev–Trinajstić information content (AvgIpc) is 2.68. The molecule has 1 aliphatic rings. The molecule has 2 aromatic carbocycles. The lowest BCUT2D eigenvalue weighted by Crippen LogP contribution is -2.44. The minimum atomic E-state index is -3.60. The Morgan fingerprint density at radius 3 is 2.77 bits per heavy atom. The molecular weight excluding hydrogens is 350 g/mol. The molecule has 1 aliphatic heterocycles. The zero-order chi connectivity index (χ0) is 18.0. The van der Waals surface area contributed by atoms with E-state index in [9.17, 15) is 8.42 Å². The topological polar surface area (TPSA) is 72.4 Å². The molecule has 2 heterocycles. The Kier molecular flexibility index (Phi) is 4.57. The molecule has 7 heteroatoms. The van der Waals surface area contributed by atoms with Crippen molar-refractivity contribution in [2.75, 3.05) is 13.1 Å². The van der Waals surface area contributed by atoms with Crippen LogP contribution in [0.2, 0.25) is 0 Å². The predicted octanol–water partition coefficient (Wildman–Crippen LogP) is 2.86. The summed E-state index contributed by atoms with van der Waals surface area (Å²) in [5, 5.41) is 1.66. The molecule has 6 nitrogen and oxygen atoms in total. The Morgan fingerprint density at radius 1 is 1.08 bits per heavy atom. The molecule has 134 valence electrons. The van der Waals surface area contributed by atoms with Crippen molar-refractivity contribution >= 4 is 20.8 Å². The van der Waals surface area contributed by atoms with Crippen molar-refractivity contribution in [3.05, 3.63) is 61.1 Å². The molecule has 1 aromatic heterocycles. The lowest BCUT2D eigenvalue weighted by atomic mass is 10.1. The average molecular weight is 369 g/mol. The summed E-state index contributed by atoms with van der Waals surface area (Å²) in [4.78, 5) is 8.43. The van der Waals surface area contributed by atoms with E-state index in [-0.39, 0.29) is 6.10 Å². The molecule has 0 saturated carbocycles. The Labute approximate surface area is 152 Å². The van der Waals surface area contributed by atoms with Crippen LogP contribution in [-0.4, -0.2) is 41.9 Å². The third kappa shape index (κ3) is 3.27. The summed E-state index contributed by atoms with van der Waals surface area (Å²) in [6, 6.07) is 12.9. The predicted molar refractivity (Wildman–Crippen MR) is 98.4 cm³/mol. The van der Waals surface area contributed by atoms with E-state index in [4.69, 9.17) is 4.74 Å². The number of ether oxygens (including phenoxy) is 1. The van der Waals surface area contributed by atoms with Crippen LogP contribution in [0.3, 0.4) is 0 Å². The van der Waals surface area contributed by atoms with Gasteiger partial charge in [-0.25, -0.2) is 13.4 Å². The third-order valence-electron chi connectivity index (χ3n) is 4.54. The van der Waals surface area contributed by atoms with Gasteiger partial charge in [-0.05, 0) is 24.3 Å². The number of hydrogen-bond donors (Lipinski definition) is 0. The van der Waals surface area contributed by atoms with Crippen molar-refractivity contribution in [2.24, 2.45) is 0 Å². The van der Waals surface area contributed by atoms with E-state index in [1.54, 1.807) is 24.5 Å². The minimum absolute atomic E-state index is 0.231. The monoisotopic (exact) mass is 369 g/mol. The van der Waals surface area contributed by atoms with E-state index >= 15 is 0 Å². The van der Waals surface area contributed by atoms with E-state index in [0.717, 1.165) is 23.6 Å². The minimum Gasteiger partial charge on any atom is -0.472 e. The van der Waals surface area contributed by atoms with Crippen molar-refractivity contribution in [1.29, 1.82) is 0 Å². The number of nitrogens with zero attached hydrogens (tertiary/aromatic N) is 3. The summed E-state index contributed by atoms with van der Waals surface area (Å²) < 4.78 is 33.8. The first-order valence-electron chi connectivity index (χ1n) is 8.55. The maximum Gasteiger partial charge on any atom is 0.243 e. The lowest BCUT2D eigenvalue weighted by Gasteiger charge is -2.32. The molecule has 0 aliphatic carbocycles. The Balaban J connectivity index is 1.61. The fraction of sp³-hybridized carbons (Fsp3) is 0.263. The second-order valence-corrected chi connectivity index (χ2v) is 8.17. The Bertz CT molecular complexity index is 1000. The number of rotatable bonds is 4. The normalized spacial score (nSPS) is 18.7. The SMILES string of the molecule is O=S(=O)(c1cccc2ccccc12)N1CCCC(Oc2cnccn2)C1. The van der Waals surface area contributed by atoms with Crippen LogP contribution in [0.4, 0.5) is 0 Å². The molecule has 0 amide bonds. The summed E-state index contributed by atoms with van der Waals surface area (Å²) in [7, 11) is -3.60. The van der Waals surface area contributed by atoms with Gasteiger partial charge in [-0.1, -0.05) is 36.4 Å². The van der Waals surface area contributed by atoms with Crippen LogP contribution < -0.4 is 4.74 Å². The molecule has 0 bridgehead atoms. The lowest BCUT2D eigenvalue weighted by molar-refractivity contribution is 0.124. The molecule has 1 unspecified atom stereocenters. The summed E-state index contributed by atoms with van der Waals surface area (Å²) in [5.41, 5.74) is 0. The van der Waals surface area contributed by atoms with Gasteiger partial charge in [-0.3, -0.25) is 4.98 Å². The van der Waals surface area contributed by atoms with Gasteiger partial charge in [0.15, 0.2) is 0 Å². The first-order chi connectivity index (χ1) is 12.6. The summed E-state index contributed by atoms with van der Waals surface area (Å²) in [5.74, 6) is 0.418. The van der Waals surface area contributed by atoms with Gasteiger partial charge in [0.2, 0.25) is 15.9 Å². The van der Waals surface area contributed by atoms with Crippen molar-refractivity contribution < 1.29 is 13.2 Å². The summed E-state index contributed by atoms with van der Waals surface area (Å²) in [6.45, 7) is 0.800. The number of hydrogen-bond acceptors (Lipinski definition) is 5. The van der Waals surface area contributed by atoms with Gasteiger partial charge in [-0.15, -0.1) is 0 Å². The molecule has 0 spiro atoms. The van der Waals surface area contributed by atoms with Crippen LogP contribution in [0.1, 0.15) is 12.8 Å². The van der Waals surface area contributed by atoms with Crippen LogP contribution >= 0.6 is 0 Å². The standard InChI is InChI=1S/C19H19N3O3S/c23-26(24,18-9-3-6-15-5-1-2-8-17(15)18)22-12-4-7-16(14-22)25-19-13-20-10-11-21-19/h1-3,5-6,8-11,13,16H,4,7,12,14H2. The second-order valence-electron chi connectivity index (χ2n) is 6.27. The largest absolute Gasteiger partial charge is 0.472 e. The number of piperidine rings is 1. The van der Waals surface area contributed by atoms with E-state index < -0.39 is 10.0 Å². The molecule has 1 saturated heterocycles. The summed E-state index contributed by atoms with van der Waals surface area (Å²) >= 11 is 0. The van der Waals surface area contributed by atoms with Crippen LogP contribution in [0.15, 0.2) is 66.0 Å². The van der Waals surface area contributed by atoms with Gasteiger partial charge in [0, 0.05) is 24.3 Å². The van der Waals surface area contributed by atoms with Gasteiger partial charge in [0.25, 0.3) is 0 Å². The van der Waals surface area contributed by atoms with Crippen molar-refractivity contribution in [1.82, 2.24) is 14.3 Å². The molecule has 26 heavy (non-hydrogen) atoms. The van der Waals surface area contributed by atoms with Gasteiger partial charge in [0.1, 0.15) is 6.10 Å². The highest BCUT2D eigenvalue weighted by molar-refractivity contribution is 7.89. The van der Waals surface area contributed by atoms with E-state index in [2.05, 4.69) is 9.97 Å². The van der Waals surface area contributed by atoms with E-state index in [1.807, 2.05) is 30.3 Å². The van der Waals surface area contributed by atoms with Crippen LogP contribution in [0, 0.1) is 0 Å². The van der Waals surface area contributed by atoms with Crippen LogP contribution in [0.25, 0.3) is 10.8 Å². The molecule has 4 rings (SSSR count). The molecule has 3 aromatic rings. The highest BCUT2D eigenvalue weighted by atomic mass is 32.2. The van der Waals surface area contributed by atoms with Gasteiger partial charge >= 0.3 is 0 Å². The zero-order valence-corrected chi connectivity index (χ0v) is 15.0. The van der Waals surface area contributed by atoms with Crippen LogP contribution in [-0.2, 0) is 10.0 Å². The van der Waals surface area contributed by atoms with Crippen molar-refractivity contribution in [2.45, 2.75) is 23.8 Å². The van der Waals surface area contributed by atoms with Gasteiger partial charge in [-0.2, -0.15) is 4.31 Å². The van der Waals surface area contributed by atoms with E-state index in [1.165, 1.54) is 10.5 Å². The van der Waals surface area contributed by atoms with Crippen LogP contribution in [0.5, 0.6) is 5.88 Å².